The molecular weight excluding hydrogens is 223 g/mol. The lowest BCUT2D eigenvalue weighted by Crippen LogP contribution is -2.33. The summed E-state index contributed by atoms with van der Waals surface area (Å²) in [7, 11) is 0. The lowest BCUT2D eigenvalue weighted by Gasteiger charge is -2.20. The molecule has 15 heavy (non-hydrogen) atoms. The molecule has 0 bridgehead atoms. The quantitative estimate of drug-likeness (QED) is 0.398. The van der Waals surface area contributed by atoms with Crippen molar-refractivity contribution >= 4 is 17.3 Å². The third kappa shape index (κ3) is 2.35. The van der Waals surface area contributed by atoms with Gasteiger partial charge in [-0.05, 0) is 6.07 Å². The first-order chi connectivity index (χ1) is 7.11. The molecule has 0 radical (unpaired) electrons. The van der Waals surface area contributed by atoms with E-state index < -0.39 is 12.4 Å². The number of hydrogen-bond donors (Lipinski definition) is 3. The number of nitrogens with zero attached hydrogens (tertiary/aromatic N) is 2. The van der Waals surface area contributed by atoms with Gasteiger partial charge in [0.15, 0.2) is 11.0 Å². The molecule has 5 N–H and O–H groups in total. The van der Waals surface area contributed by atoms with E-state index in [1.165, 1.54) is 12.3 Å². The maximum Gasteiger partial charge on any atom is 0.185 e. The first-order valence-corrected chi connectivity index (χ1v) is 4.36. The third-order valence-electron chi connectivity index (χ3n) is 1.75. The van der Waals surface area contributed by atoms with Crippen LogP contribution in [-0.4, -0.2) is 16.7 Å². The Morgan fingerprint density at radius 2 is 2.40 bits per heavy atom. The summed E-state index contributed by atoms with van der Waals surface area (Å²) in [5, 5.41) is 9.49. The van der Waals surface area contributed by atoms with Crippen LogP contribution in [0.15, 0.2) is 24.2 Å². The van der Waals surface area contributed by atoms with Gasteiger partial charge in [-0.1, -0.05) is 11.6 Å². The molecule has 0 aliphatic carbocycles. The summed E-state index contributed by atoms with van der Waals surface area (Å²) in [6.07, 6.45) is 2.37. The van der Waals surface area contributed by atoms with Crippen LogP contribution in [0.3, 0.4) is 0 Å². The van der Waals surface area contributed by atoms with Gasteiger partial charge in [-0.3, -0.25) is 5.01 Å². The number of hydrazine groups is 1. The van der Waals surface area contributed by atoms with Gasteiger partial charge in [0.25, 0.3) is 0 Å². The molecule has 0 fully saturated rings. The Bertz CT molecular complexity index is 385. The summed E-state index contributed by atoms with van der Waals surface area (Å²) >= 11 is 5.47. The van der Waals surface area contributed by atoms with E-state index in [2.05, 4.69) is 4.98 Å². The molecule has 1 aromatic rings. The minimum Gasteiger partial charge on any atom is -0.403 e. The highest BCUT2D eigenvalue weighted by atomic mass is 35.5. The number of aliphatic hydroxyl groups is 1. The molecule has 0 aliphatic heterocycles. The van der Waals surface area contributed by atoms with Crippen LogP contribution in [0, 0.1) is 5.82 Å². The maximum atomic E-state index is 13.4. The smallest absolute Gasteiger partial charge is 0.185 e. The number of rotatable bonds is 3. The topological polar surface area (TPSA) is 88.4 Å². The van der Waals surface area contributed by atoms with Gasteiger partial charge in [0.2, 0.25) is 0 Å². The van der Waals surface area contributed by atoms with Crippen molar-refractivity contribution in [2.24, 2.45) is 11.6 Å². The van der Waals surface area contributed by atoms with Gasteiger partial charge in [0.05, 0.1) is 18.0 Å². The molecule has 0 spiro atoms. The lowest BCUT2D eigenvalue weighted by molar-refractivity contribution is 0.326. The van der Waals surface area contributed by atoms with E-state index in [1.54, 1.807) is 0 Å². The van der Waals surface area contributed by atoms with Crippen molar-refractivity contribution < 1.29 is 9.50 Å². The number of anilines is 1. The second kappa shape index (κ2) is 4.92. The molecule has 0 unspecified atom stereocenters. The minimum absolute atomic E-state index is 0.0132. The van der Waals surface area contributed by atoms with Gasteiger partial charge in [0, 0.05) is 12.4 Å². The van der Waals surface area contributed by atoms with Crippen molar-refractivity contribution in [2.45, 2.75) is 0 Å². The van der Waals surface area contributed by atoms with Crippen LogP contribution in [0.25, 0.3) is 0 Å². The summed E-state index contributed by atoms with van der Waals surface area (Å²) in [4.78, 5) is 3.53. The monoisotopic (exact) mass is 232 g/mol. The highest BCUT2D eigenvalue weighted by Crippen LogP contribution is 2.23. The fourth-order valence-electron chi connectivity index (χ4n) is 0.959. The zero-order chi connectivity index (χ0) is 11.4. The van der Waals surface area contributed by atoms with Gasteiger partial charge < -0.3 is 10.8 Å². The summed E-state index contributed by atoms with van der Waals surface area (Å²) in [6.45, 7) is -0.410. The molecule has 0 atom stereocenters. The molecule has 1 aromatic heterocycles. The molecule has 7 heteroatoms. The van der Waals surface area contributed by atoms with E-state index in [-0.39, 0.29) is 16.5 Å². The average Bonchev–Trinajstić information content (AvgIpc) is 2.23. The predicted molar refractivity (Wildman–Crippen MR) is 55.2 cm³/mol. The van der Waals surface area contributed by atoms with Crippen LogP contribution in [-0.2, 0) is 0 Å². The number of pyridine rings is 1. The maximum absolute atomic E-state index is 13.4. The normalized spacial score (nSPS) is 11.6. The zero-order valence-corrected chi connectivity index (χ0v) is 8.45. The van der Waals surface area contributed by atoms with Crippen molar-refractivity contribution in [3.05, 3.63) is 35.1 Å². The number of aromatic nitrogens is 1. The molecule has 0 saturated carbocycles. The molecule has 82 valence electrons. The van der Waals surface area contributed by atoms with E-state index in [4.69, 9.17) is 28.3 Å². The highest BCUT2D eigenvalue weighted by Gasteiger charge is 2.14. The number of aliphatic hydroxyl groups excluding tert-OH is 1. The second-order valence-electron chi connectivity index (χ2n) is 2.62. The third-order valence-corrected chi connectivity index (χ3v) is 2.01. The van der Waals surface area contributed by atoms with Crippen LogP contribution in [0.4, 0.5) is 10.1 Å². The Balaban J connectivity index is 3.11. The lowest BCUT2D eigenvalue weighted by atomic mass is 10.3. The van der Waals surface area contributed by atoms with Crippen LogP contribution in [0.5, 0.6) is 0 Å². The molecule has 5 nitrogen and oxygen atoms in total. The highest BCUT2D eigenvalue weighted by molar-refractivity contribution is 6.29. The van der Waals surface area contributed by atoms with E-state index >= 15 is 0 Å². The van der Waals surface area contributed by atoms with Crippen molar-refractivity contribution in [3.8, 4) is 0 Å². The Morgan fingerprint density at radius 1 is 1.73 bits per heavy atom. The molecule has 0 amide bonds. The van der Waals surface area contributed by atoms with Crippen LogP contribution in [0.2, 0.25) is 5.15 Å². The standard InChI is InChI=1S/C8H10ClFN4O/c9-8-7(10)6(1-2-13-8)14(12)5(3-11)4-15/h1-3,15H,4,11-12H2/b5-3-. The Hall–Kier alpha value is -1.37. The van der Waals surface area contributed by atoms with E-state index in [0.29, 0.717) is 0 Å². The Morgan fingerprint density at radius 3 is 2.93 bits per heavy atom. The number of halogens is 2. The summed E-state index contributed by atoms with van der Waals surface area (Å²) in [6, 6.07) is 1.32. The fraction of sp³-hybridized carbons (Fsp3) is 0.125. The van der Waals surface area contributed by atoms with Crippen LogP contribution >= 0.6 is 11.6 Å². The van der Waals surface area contributed by atoms with Crippen molar-refractivity contribution in [2.75, 3.05) is 11.6 Å². The van der Waals surface area contributed by atoms with Gasteiger partial charge in [-0.2, -0.15) is 0 Å². The van der Waals surface area contributed by atoms with E-state index in [0.717, 1.165) is 11.2 Å². The van der Waals surface area contributed by atoms with Crippen LogP contribution < -0.4 is 16.6 Å². The Labute approximate surface area is 90.7 Å². The predicted octanol–water partition coefficient (Wildman–Crippen LogP) is 0.347. The minimum atomic E-state index is -0.769. The molecule has 1 heterocycles. The van der Waals surface area contributed by atoms with Gasteiger partial charge in [-0.25, -0.2) is 15.2 Å². The molecule has 0 aliphatic rings. The first kappa shape index (κ1) is 11.7. The summed E-state index contributed by atoms with van der Waals surface area (Å²) < 4.78 is 13.4. The fourth-order valence-corrected chi connectivity index (χ4v) is 1.11. The van der Waals surface area contributed by atoms with E-state index in [1.807, 2.05) is 0 Å². The van der Waals surface area contributed by atoms with Crippen molar-refractivity contribution in [1.29, 1.82) is 0 Å². The number of nitrogens with two attached hydrogens (primary N) is 2. The summed E-state index contributed by atoms with van der Waals surface area (Å²) in [5.74, 6) is 4.76. The SMILES string of the molecule is N/C=C(/CO)N(N)c1ccnc(Cl)c1F. The number of hydrogen-bond acceptors (Lipinski definition) is 5. The van der Waals surface area contributed by atoms with Crippen LogP contribution in [0.1, 0.15) is 0 Å². The largest absolute Gasteiger partial charge is 0.403 e. The Kier molecular flexibility index (Phi) is 3.84. The molecule has 0 aromatic carbocycles. The van der Waals surface area contributed by atoms with Crippen molar-refractivity contribution in [3.63, 3.8) is 0 Å². The van der Waals surface area contributed by atoms with E-state index in [9.17, 15) is 4.39 Å². The zero-order valence-electron chi connectivity index (χ0n) is 7.69. The molecule has 0 saturated heterocycles. The molecular formula is C8H10ClFN4O. The van der Waals surface area contributed by atoms with Crippen molar-refractivity contribution in [1.82, 2.24) is 4.98 Å². The van der Waals surface area contributed by atoms with Gasteiger partial charge >= 0.3 is 0 Å². The summed E-state index contributed by atoms with van der Waals surface area (Å²) in [5.41, 5.74) is 5.33. The van der Waals surface area contributed by atoms with Gasteiger partial charge in [-0.15, -0.1) is 0 Å². The average molecular weight is 233 g/mol. The first-order valence-electron chi connectivity index (χ1n) is 3.98. The van der Waals surface area contributed by atoms with Gasteiger partial charge in [0.1, 0.15) is 0 Å². The molecule has 1 rings (SSSR count). The second-order valence-corrected chi connectivity index (χ2v) is 2.98.